The van der Waals surface area contributed by atoms with Gasteiger partial charge in [-0.1, -0.05) is 6.07 Å². The first kappa shape index (κ1) is 14.2. The van der Waals surface area contributed by atoms with Gasteiger partial charge in [-0.15, -0.1) is 0 Å². The van der Waals surface area contributed by atoms with Gasteiger partial charge >= 0.3 is 0 Å². The molecule has 1 fully saturated rings. The molecule has 0 saturated carbocycles. The summed E-state index contributed by atoms with van der Waals surface area (Å²) in [6.45, 7) is 1.52. The second-order valence-corrected chi connectivity index (χ2v) is 5.04. The highest BCUT2D eigenvalue weighted by Crippen LogP contribution is 2.29. The third-order valence-corrected chi connectivity index (χ3v) is 3.76. The van der Waals surface area contributed by atoms with Crippen molar-refractivity contribution in [2.45, 2.75) is 25.8 Å². The molecule has 0 amide bonds. The molecule has 1 aliphatic rings. The van der Waals surface area contributed by atoms with Gasteiger partial charge in [-0.3, -0.25) is 0 Å². The average molecular weight is 270 g/mol. The Bertz CT molecular complexity index is 438. The number of aliphatic hydroxyl groups is 1. The fourth-order valence-electron chi connectivity index (χ4n) is 2.68. The molecule has 3 nitrogen and oxygen atoms in total. The highest BCUT2D eigenvalue weighted by Gasteiger charge is 2.23. The van der Waals surface area contributed by atoms with Crippen LogP contribution in [0.25, 0.3) is 0 Å². The van der Waals surface area contributed by atoms with Gasteiger partial charge in [0, 0.05) is 31.8 Å². The van der Waals surface area contributed by atoms with Gasteiger partial charge in [0.05, 0.1) is 5.69 Å². The number of hydrogen-bond acceptors (Lipinski definition) is 3. The van der Waals surface area contributed by atoms with Crippen LogP contribution < -0.4 is 10.6 Å². The van der Waals surface area contributed by atoms with Crippen LogP contribution in [-0.2, 0) is 6.54 Å². The van der Waals surface area contributed by atoms with Crippen molar-refractivity contribution in [3.8, 4) is 0 Å². The molecule has 2 rings (SSSR count). The average Bonchev–Trinajstić information content (AvgIpc) is 2.42. The number of anilines is 1. The molecule has 0 radical (unpaired) electrons. The Hall–Kier alpha value is -1.20. The molecule has 19 heavy (non-hydrogen) atoms. The molecule has 1 aromatic rings. The molecule has 1 atom stereocenters. The van der Waals surface area contributed by atoms with Crippen molar-refractivity contribution in [1.82, 2.24) is 0 Å². The van der Waals surface area contributed by atoms with E-state index in [0.29, 0.717) is 24.6 Å². The van der Waals surface area contributed by atoms with Crippen LogP contribution in [0.4, 0.5) is 14.5 Å². The van der Waals surface area contributed by atoms with Crippen molar-refractivity contribution in [1.29, 1.82) is 0 Å². The zero-order valence-corrected chi connectivity index (χ0v) is 10.9. The van der Waals surface area contributed by atoms with Crippen LogP contribution in [0.2, 0.25) is 0 Å². The molecule has 0 aliphatic carbocycles. The van der Waals surface area contributed by atoms with Crippen molar-refractivity contribution < 1.29 is 13.9 Å². The number of halogens is 2. The van der Waals surface area contributed by atoms with E-state index in [1.54, 1.807) is 12.1 Å². The number of hydrogen-bond donors (Lipinski definition) is 2. The van der Waals surface area contributed by atoms with Crippen LogP contribution in [0.5, 0.6) is 0 Å². The molecule has 1 saturated heterocycles. The quantitative estimate of drug-likeness (QED) is 0.880. The smallest absolute Gasteiger partial charge is 0.182 e. The van der Waals surface area contributed by atoms with Crippen LogP contribution in [0, 0.1) is 17.6 Å². The lowest BCUT2D eigenvalue weighted by Crippen LogP contribution is -2.36. The largest absolute Gasteiger partial charge is 0.396 e. The Morgan fingerprint density at radius 2 is 2.11 bits per heavy atom. The van der Waals surface area contributed by atoms with Crippen molar-refractivity contribution in [2.75, 3.05) is 24.6 Å². The van der Waals surface area contributed by atoms with Crippen LogP contribution in [-0.4, -0.2) is 24.8 Å². The van der Waals surface area contributed by atoms with E-state index in [1.165, 1.54) is 0 Å². The second-order valence-electron chi connectivity index (χ2n) is 5.04. The molecule has 5 heteroatoms. The number of piperidine rings is 1. The Balaban J connectivity index is 2.19. The summed E-state index contributed by atoms with van der Waals surface area (Å²) in [5.41, 5.74) is 5.86. The lowest BCUT2D eigenvalue weighted by molar-refractivity contribution is 0.244. The minimum Gasteiger partial charge on any atom is -0.396 e. The van der Waals surface area contributed by atoms with E-state index in [1.807, 2.05) is 4.90 Å². The topological polar surface area (TPSA) is 49.5 Å². The van der Waals surface area contributed by atoms with Gasteiger partial charge in [0.1, 0.15) is 0 Å². The Labute approximate surface area is 112 Å². The Morgan fingerprint density at radius 3 is 2.79 bits per heavy atom. The van der Waals surface area contributed by atoms with Gasteiger partial charge in [0.2, 0.25) is 0 Å². The molecule has 0 bridgehead atoms. The third kappa shape index (κ3) is 3.04. The summed E-state index contributed by atoms with van der Waals surface area (Å²) in [6.07, 6.45) is 2.67. The third-order valence-electron chi connectivity index (χ3n) is 3.76. The summed E-state index contributed by atoms with van der Waals surface area (Å²) in [5, 5.41) is 8.98. The van der Waals surface area contributed by atoms with Gasteiger partial charge < -0.3 is 15.7 Å². The zero-order chi connectivity index (χ0) is 13.8. The van der Waals surface area contributed by atoms with E-state index in [-0.39, 0.29) is 18.7 Å². The molecule has 1 heterocycles. The van der Waals surface area contributed by atoms with Gasteiger partial charge in [-0.25, -0.2) is 8.78 Å². The van der Waals surface area contributed by atoms with E-state index >= 15 is 0 Å². The standard InChI is InChI=1S/C14H20F2N2O/c15-13-11(8-17)3-4-12(14(13)16)18-6-1-2-10(9-18)5-7-19/h3-4,10,19H,1-2,5-9,17H2. The summed E-state index contributed by atoms with van der Waals surface area (Å²) in [4.78, 5) is 1.86. The minimum atomic E-state index is -0.843. The monoisotopic (exact) mass is 270 g/mol. The van der Waals surface area contributed by atoms with Gasteiger partial charge in [0.15, 0.2) is 11.6 Å². The van der Waals surface area contributed by atoms with E-state index < -0.39 is 11.6 Å². The van der Waals surface area contributed by atoms with Crippen molar-refractivity contribution in [3.63, 3.8) is 0 Å². The molecule has 1 aliphatic heterocycles. The summed E-state index contributed by atoms with van der Waals surface area (Å²) >= 11 is 0. The highest BCUT2D eigenvalue weighted by atomic mass is 19.2. The zero-order valence-electron chi connectivity index (χ0n) is 10.9. The number of nitrogens with two attached hydrogens (primary N) is 1. The molecule has 3 N–H and O–H groups in total. The summed E-state index contributed by atoms with van der Waals surface area (Å²) < 4.78 is 27.8. The molecule has 0 aromatic heterocycles. The summed E-state index contributed by atoms with van der Waals surface area (Å²) in [7, 11) is 0. The van der Waals surface area contributed by atoms with E-state index in [0.717, 1.165) is 19.4 Å². The fourth-order valence-corrected chi connectivity index (χ4v) is 2.68. The van der Waals surface area contributed by atoms with Crippen molar-refractivity contribution in [2.24, 2.45) is 11.7 Å². The Morgan fingerprint density at radius 1 is 1.32 bits per heavy atom. The predicted molar refractivity (Wildman–Crippen MR) is 70.9 cm³/mol. The molecule has 1 unspecified atom stereocenters. The van der Waals surface area contributed by atoms with E-state index in [9.17, 15) is 8.78 Å². The maximum Gasteiger partial charge on any atom is 0.182 e. The van der Waals surface area contributed by atoms with Crippen LogP contribution in [0.3, 0.4) is 0 Å². The number of rotatable bonds is 4. The number of aliphatic hydroxyl groups excluding tert-OH is 1. The number of benzene rings is 1. The predicted octanol–water partition coefficient (Wildman–Crippen LogP) is 2.02. The summed E-state index contributed by atoms with van der Waals surface area (Å²) in [5.74, 6) is -1.31. The van der Waals surface area contributed by atoms with Gasteiger partial charge in [0.25, 0.3) is 0 Å². The first-order valence-electron chi connectivity index (χ1n) is 6.70. The molecular formula is C14H20F2N2O. The van der Waals surface area contributed by atoms with E-state index in [4.69, 9.17) is 10.8 Å². The first-order chi connectivity index (χ1) is 9.17. The van der Waals surface area contributed by atoms with Crippen LogP contribution in [0.15, 0.2) is 12.1 Å². The van der Waals surface area contributed by atoms with Crippen molar-refractivity contribution >= 4 is 5.69 Å². The SMILES string of the molecule is NCc1ccc(N2CCCC(CCO)C2)c(F)c1F. The summed E-state index contributed by atoms with van der Waals surface area (Å²) in [6, 6.07) is 3.14. The normalized spacial score (nSPS) is 19.8. The molecule has 1 aromatic carbocycles. The van der Waals surface area contributed by atoms with E-state index in [2.05, 4.69) is 0 Å². The molecule has 0 spiro atoms. The van der Waals surface area contributed by atoms with Crippen LogP contribution >= 0.6 is 0 Å². The maximum atomic E-state index is 14.0. The first-order valence-corrected chi connectivity index (χ1v) is 6.70. The Kier molecular flexibility index (Phi) is 4.71. The van der Waals surface area contributed by atoms with Crippen LogP contribution in [0.1, 0.15) is 24.8 Å². The number of nitrogens with zero attached hydrogens (tertiary/aromatic N) is 1. The van der Waals surface area contributed by atoms with Crippen molar-refractivity contribution in [3.05, 3.63) is 29.3 Å². The second kappa shape index (κ2) is 6.30. The molecule has 106 valence electrons. The lowest BCUT2D eigenvalue weighted by atomic mass is 9.94. The van der Waals surface area contributed by atoms with Gasteiger partial charge in [-0.2, -0.15) is 0 Å². The fraction of sp³-hybridized carbons (Fsp3) is 0.571. The van der Waals surface area contributed by atoms with Gasteiger partial charge in [-0.05, 0) is 31.2 Å². The highest BCUT2D eigenvalue weighted by molar-refractivity contribution is 5.50. The molecular weight excluding hydrogens is 250 g/mol. The lowest BCUT2D eigenvalue weighted by Gasteiger charge is -2.34. The minimum absolute atomic E-state index is 0.00380. The maximum absolute atomic E-state index is 14.0.